The molecular weight excluding hydrogens is 302 g/mol. The Labute approximate surface area is 149 Å². The van der Waals surface area contributed by atoms with E-state index in [1.807, 2.05) is 0 Å². The van der Waals surface area contributed by atoms with E-state index in [4.69, 9.17) is 0 Å². The molecule has 1 aromatic heterocycles. The molecule has 0 N–H and O–H groups in total. The van der Waals surface area contributed by atoms with E-state index >= 15 is 0 Å². The first kappa shape index (κ1) is 16.0. The topological polar surface area (TPSA) is 4.93 Å². The molecule has 0 saturated heterocycles. The van der Waals surface area contributed by atoms with Gasteiger partial charge in [0, 0.05) is 16.5 Å². The molecule has 25 heavy (non-hydrogen) atoms. The molecule has 126 valence electrons. The van der Waals surface area contributed by atoms with E-state index in [-0.39, 0.29) is 5.41 Å². The van der Waals surface area contributed by atoms with Crippen LogP contribution in [0.3, 0.4) is 0 Å². The van der Waals surface area contributed by atoms with Crippen molar-refractivity contribution < 1.29 is 0 Å². The third-order valence-electron chi connectivity index (χ3n) is 5.17. The van der Waals surface area contributed by atoms with Gasteiger partial charge in [-0.15, -0.1) is 0 Å². The van der Waals surface area contributed by atoms with Gasteiger partial charge in [0.25, 0.3) is 0 Å². The van der Waals surface area contributed by atoms with Gasteiger partial charge in [0.15, 0.2) is 0 Å². The molecule has 1 heterocycles. The number of hydrogen-bond donors (Lipinski definition) is 0. The van der Waals surface area contributed by atoms with Gasteiger partial charge < -0.3 is 4.57 Å². The average molecular weight is 327 g/mol. The molecule has 0 aliphatic rings. The molecule has 0 spiro atoms. The second-order valence-corrected chi connectivity index (χ2v) is 8.07. The highest BCUT2D eigenvalue weighted by Crippen LogP contribution is 2.35. The maximum absolute atomic E-state index is 2.42. The lowest BCUT2D eigenvalue weighted by Crippen LogP contribution is -2.14. The summed E-state index contributed by atoms with van der Waals surface area (Å²) >= 11 is 0. The van der Waals surface area contributed by atoms with Gasteiger partial charge in [0.05, 0.1) is 11.0 Å². The standard InChI is InChI=1S/C24H25N/c1-16-15-23(17(2)14-20(16)24(3,4)5)25-21-12-8-6-10-18(21)19-11-7-9-13-22(19)25/h6-15H,1-5H3. The Bertz CT molecular complexity index is 1040. The van der Waals surface area contributed by atoms with Crippen molar-refractivity contribution in [3.05, 3.63) is 77.4 Å². The van der Waals surface area contributed by atoms with Gasteiger partial charge in [-0.3, -0.25) is 0 Å². The maximum atomic E-state index is 2.42. The van der Waals surface area contributed by atoms with Gasteiger partial charge in [-0.25, -0.2) is 0 Å². The predicted octanol–water partition coefficient (Wildman–Crippen LogP) is 6.70. The Kier molecular flexibility index (Phi) is 3.50. The molecule has 0 aliphatic heterocycles. The molecule has 3 aromatic carbocycles. The summed E-state index contributed by atoms with van der Waals surface area (Å²) in [6, 6.07) is 22.1. The molecular formula is C24H25N. The second-order valence-electron chi connectivity index (χ2n) is 8.07. The van der Waals surface area contributed by atoms with Gasteiger partial charge >= 0.3 is 0 Å². The Morgan fingerprint density at radius 1 is 0.680 bits per heavy atom. The Morgan fingerprint density at radius 3 is 1.72 bits per heavy atom. The number of para-hydroxylation sites is 2. The predicted molar refractivity (Wildman–Crippen MR) is 109 cm³/mol. The van der Waals surface area contributed by atoms with Crippen molar-refractivity contribution in [1.82, 2.24) is 4.57 Å². The van der Waals surface area contributed by atoms with E-state index in [2.05, 4.69) is 99.8 Å². The summed E-state index contributed by atoms with van der Waals surface area (Å²) in [5.41, 5.74) is 8.09. The van der Waals surface area contributed by atoms with Gasteiger partial charge in [0.2, 0.25) is 0 Å². The highest BCUT2D eigenvalue weighted by Gasteiger charge is 2.19. The largest absolute Gasteiger partial charge is 0.309 e. The van der Waals surface area contributed by atoms with Crippen molar-refractivity contribution in [2.24, 2.45) is 0 Å². The first-order valence-corrected chi connectivity index (χ1v) is 8.98. The maximum Gasteiger partial charge on any atom is 0.0541 e. The number of fused-ring (bicyclic) bond motifs is 3. The van der Waals surface area contributed by atoms with Crippen LogP contribution in [-0.4, -0.2) is 4.57 Å². The first-order valence-electron chi connectivity index (χ1n) is 8.98. The van der Waals surface area contributed by atoms with Crippen LogP contribution in [-0.2, 0) is 5.41 Å². The lowest BCUT2D eigenvalue weighted by Gasteiger charge is -2.24. The summed E-state index contributed by atoms with van der Waals surface area (Å²) < 4.78 is 2.42. The Balaban J connectivity index is 2.10. The molecule has 0 aliphatic carbocycles. The van der Waals surface area contributed by atoms with E-state index in [0.717, 1.165) is 0 Å². The van der Waals surface area contributed by atoms with E-state index in [1.165, 1.54) is 44.2 Å². The number of benzene rings is 3. The number of hydrogen-bond acceptors (Lipinski definition) is 0. The average Bonchev–Trinajstić information content (AvgIpc) is 2.90. The Hall–Kier alpha value is -2.54. The summed E-state index contributed by atoms with van der Waals surface area (Å²) in [5, 5.41) is 2.63. The number of aryl methyl sites for hydroxylation is 2. The monoisotopic (exact) mass is 327 g/mol. The van der Waals surface area contributed by atoms with Crippen molar-refractivity contribution >= 4 is 21.8 Å². The van der Waals surface area contributed by atoms with Crippen LogP contribution in [0.15, 0.2) is 60.7 Å². The van der Waals surface area contributed by atoms with Crippen molar-refractivity contribution in [1.29, 1.82) is 0 Å². The summed E-state index contributed by atoms with van der Waals surface area (Å²) in [6.45, 7) is 11.3. The fraction of sp³-hybridized carbons (Fsp3) is 0.250. The second kappa shape index (κ2) is 5.49. The zero-order chi connectivity index (χ0) is 17.8. The fourth-order valence-corrected chi connectivity index (χ4v) is 4.03. The minimum atomic E-state index is 0.161. The zero-order valence-corrected chi connectivity index (χ0v) is 15.7. The lowest BCUT2D eigenvalue weighted by atomic mass is 9.83. The summed E-state index contributed by atoms with van der Waals surface area (Å²) in [5.74, 6) is 0. The molecule has 1 nitrogen and oxygen atoms in total. The summed E-state index contributed by atoms with van der Waals surface area (Å²) in [4.78, 5) is 0. The van der Waals surface area contributed by atoms with E-state index in [1.54, 1.807) is 0 Å². The van der Waals surface area contributed by atoms with Crippen LogP contribution >= 0.6 is 0 Å². The number of nitrogens with zero attached hydrogens (tertiary/aromatic N) is 1. The molecule has 0 saturated carbocycles. The van der Waals surface area contributed by atoms with Gasteiger partial charge in [-0.1, -0.05) is 63.2 Å². The Morgan fingerprint density at radius 2 is 1.20 bits per heavy atom. The van der Waals surface area contributed by atoms with Crippen LogP contribution in [0.1, 0.15) is 37.5 Å². The third-order valence-corrected chi connectivity index (χ3v) is 5.17. The molecule has 0 unspecified atom stereocenters. The van der Waals surface area contributed by atoms with Crippen LogP contribution in [0.2, 0.25) is 0 Å². The molecule has 4 aromatic rings. The molecule has 0 bridgehead atoms. The zero-order valence-electron chi connectivity index (χ0n) is 15.7. The van der Waals surface area contributed by atoms with Gasteiger partial charge in [0.1, 0.15) is 0 Å². The van der Waals surface area contributed by atoms with Crippen molar-refractivity contribution in [3.8, 4) is 5.69 Å². The van der Waals surface area contributed by atoms with Gasteiger partial charge in [-0.05, 0) is 54.2 Å². The molecule has 0 atom stereocenters. The van der Waals surface area contributed by atoms with E-state index < -0.39 is 0 Å². The van der Waals surface area contributed by atoms with Gasteiger partial charge in [-0.2, -0.15) is 0 Å². The third kappa shape index (κ3) is 2.46. The van der Waals surface area contributed by atoms with Crippen LogP contribution in [0.25, 0.3) is 27.5 Å². The van der Waals surface area contributed by atoms with Crippen LogP contribution in [0, 0.1) is 13.8 Å². The normalized spacial score (nSPS) is 12.2. The van der Waals surface area contributed by atoms with Crippen LogP contribution < -0.4 is 0 Å². The van der Waals surface area contributed by atoms with Crippen molar-refractivity contribution in [2.45, 2.75) is 40.0 Å². The van der Waals surface area contributed by atoms with E-state index in [0.29, 0.717) is 0 Å². The smallest absolute Gasteiger partial charge is 0.0541 e. The number of rotatable bonds is 1. The lowest BCUT2D eigenvalue weighted by molar-refractivity contribution is 0.585. The highest BCUT2D eigenvalue weighted by atomic mass is 15.0. The van der Waals surface area contributed by atoms with Crippen molar-refractivity contribution in [2.75, 3.05) is 0 Å². The number of aromatic nitrogens is 1. The molecule has 0 radical (unpaired) electrons. The summed E-state index contributed by atoms with van der Waals surface area (Å²) in [7, 11) is 0. The fourth-order valence-electron chi connectivity index (χ4n) is 4.03. The molecule has 0 amide bonds. The van der Waals surface area contributed by atoms with E-state index in [9.17, 15) is 0 Å². The first-order chi connectivity index (χ1) is 11.9. The molecule has 1 heteroatoms. The van der Waals surface area contributed by atoms with Crippen LogP contribution in [0.4, 0.5) is 0 Å². The minimum absolute atomic E-state index is 0.161. The van der Waals surface area contributed by atoms with Crippen LogP contribution in [0.5, 0.6) is 0 Å². The highest BCUT2D eigenvalue weighted by molar-refractivity contribution is 6.09. The quantitative estimate of drug-likeness (QED) is 0.366. The summed E-state index contributed by atoms with van der Waals surface area (Å²) in [6.07, 6.45) is 0. The minimum Gasteiger partial charge on any atom is -0.309 e. The SMILES string of the molecule is Cc1cc(C(C)(C)C)c(C)cc1-n1c2ccccc2c2ccccc21. The van der Waals surface area contributed by atoms with Crippen molar-refractivity contribution in [3.63, 3.8) is 0 Å². The molecule has 4 rings (SSSR count). The molecule has 0 fully saturated rings.